The lowest BCUT2D eigenvalue weighted by Crippen LogP contribution is -2.11. The highest BCUT2D eigenvalue weighted by atomic mass is 16.6. The van der Waals surface area contributed by atoms with E-state index in [2.05, 4.69) is 11.9 Å². The molecule has 1 aromatic rings. The van der Waals surface area contributed by atoms with Crippen LogP contribution in [-0.2, 0) is 19.1 Å². The van der Waals surface area contributed by atoms with E-state index in [1.807, 2.05) is 31.2 Å². The highest BCUT2D eigenvalue weighted by Crippen LogP contribution is 2.09. The summed E-state index contributed by atoms with van der Waals surface area (Å²) < 4.78 is 9.60. The lowest BCUT2D eigenvalue weighted by Gasteiger charge is -2.02. The van der Waals surface area contributed by atoms with Crippen molar-refractivity contribution in [1.82, 2.24) is 0 Å². The van der Waals surface area contributed by atoms with Crippen molar-refractivity contribution in [2.45, 2.75) is 20.0 Å². The average Bonchev–Trinajstić information content (AvgIpc) is 3.29. The minimum absolute atomic E-state index is 0.0386. The quantitative estimate of drug-likeness (QED) is 0.475. The molecular formula is C16H21NO5. The van der Waals surface area contributed by atoms with Crippen molar-refractivity contribution < 1.29 is 24.2 Å². The molecule has 1 saturated heterocycles. The molecule has 120 valence electrons. The summed E-state index contributed by atoms with van der Waals surface area (Å²) in [5, 5.41) is 11.1. The molecule has 2 N–H and O–H groups in total. The zero-order chi connectivity index (χ0) is 16.5. The molecule has 1 aliphatic heterocycles. The van der Waals surface area contributed by atoms with Gasteiger partial charge in [0, 0.05) is 11.3 Å². The number of nitrogens with one attached hydrogen (secondary N) is 1. The van der Waals surface area contributed by atoms with E-state index in [0.717, 1.165) is 11.3 Å². The van der Waals surface area contributed by atoms with Gasteiger partial charge in [-0.15, -0.1) is 0 Å². The number of esters is 1. The number of aryl methyl sites for hydroxylation is 1. The number of benzene rings is 1. The Morgan fingerprint density at radius 3 is 2.45 bits per heavy atom. The van der Waals surface area contributed by atoms with Gasteiger partial charge in [0.15, 0.2) is 0 Å². The molecule has 22 heavy (non-hydrogen) atoms. The molecule has 0 bridgehead atoms. The van der Waals surface area contributed by atoms with Crippen molar-refractivity contribution in [3.8, 4) is 0 Å². The van der Waals surface area contributed by atoms with Gasteiger partial charge in [-0.3, -0.25) is 4.79 Å². The van der Waals surface area contributed by atoms with Crippen molar-refractivity contribution in [3.05, 3.63) is 42.0 Å². The number of ether oxygens (including phenoxy) is 2. The van der Waals surface area contributed by atoms with Crippen LogP contribution >= 0.6 is 0 Å². The van der Waals surface area contributed by atoms with Crippen LogP contribution in [0.4, 0.5) is 5.69 Å². The molecule has 2 rings (SSSR count). The third kappa shape index (κ3) is 8.06. The maximum atomic E-state index is 10.7. The number of carboxylic acid groups (broad SMARTS) is 1. The van der Waals surface area contributed by atoms with Gasteiger partial charge in [0.1, 0.15) is 19.3 Å². The number of carbonyl (C=O) groups is 2. The predicted octanol–water partition coefficient (Wildman–Crippen LogP) is 2.00. The zero-order valence-electron chi connectivity index (χ0n) is 12.8. The molecule has 1 heterocycles. The van der Waals surface area contributed by atoms with Crippen LogP contribution in [0.15, 0.2) is 36.4 Å². The van der Waals surface area contributed by atoms with Gasteiger partial charge in [-0.25, -0.2) is 4.79 Å². The Morgan fingerprint density at radius 2 is 2.00 bits per heavy atom. The van der Waals surface area contributed by atoms with Crippen LogP contribution in [0.3, 0.4) is 0 Å². The number of carbonyl (C=O) groups excluding carboxylic acids is 1. The van der Waals surface area contributed by atoms with Crippen molar-refractivity contribution in [2.24, 2.45) is 0 Å². The van der Waals surface area contributed by atoms with Crippen LogP contribution < -0.4 is 5.32 Å². The third-order valence-corrected chi connectivity index (χ3v) is 2.65. The van der Waals surface area contributed by atoms with Crippen LogP contribution in [0.2, 0.25) is 0 Å². The molecule has 1 unspecified atom stereocenters. The highest BCUT2D eigenvalue weighted by Gasteiger charge is 2.24. The Bertz CT molecular complexity index is 520. The largest absolute Gasteiger partial charge is 0.480 e. The molecule has 1 aromatic carbocycles. The van der Waals surface area contributed by atoms with Gasteiger partial charge < -0.3 is 19.9 Å². The summed E-state index contributed by atoms with van der Waals surface area (Å²) in [6.07, 6.45) is 0.142. The molecule has 0 aromatic heterocycles. The van der Waals surface area contributed by atoms with E-state index in [1.54, 1.807) is 6.92 Å². The average molecular weight is 307 g/mol. The monoisotopic (exact) mass is 307 g/mol. The van der Waals surface area contributed by atoms with Gasteiger partial charge in [-0.05, 0) is 26.0 Å². The van der Waals surface area contributed by atoms with E-state index in [0.29, 0.717) is 18.8 Å². The normalized spacial score (nSPS) is 15.1. The molecule has 0 saturated carbocycles. The molecule has 6 heteroatoms. The summed E-state index contributed by atoms with van der Waals surface area (Å²) in [7, 11) is 0. The van der Waals surface area contributed by atoms with Gasteiger partial charge in [0.05, 0.1) is 6.61 Å². The highest BCUT2D eigenvalue weighted by molar-refractivity contribution is 5.86. The predicted molar refractivity (Wildman–Crippen MR) is 82.8 cm³/mol. The SMILES string of the molecule is C=C(C)C(=O)OCC1CO1.Cc1ccc(NCC(=O)O)cc1. The molecule has 0 spiro atoms. The maximum Gasteiger partial charge on any atom is 0.333 e. The zero-order valence-corrected chi connectivity index (χ0v) is 12.8. The smallest absolute Gasteiger partial charge is 0.333 e. The van der Waals surface area contributed by atoms with Crippen molar-refractivity contribution in [3.63, 3.8) is 0 Å². The number of anilines is 1. The van der Waals surface area contributed by atoms with Crippen LogP contribution in [0.5, 0.6) is 0 Å². The lowest BCUT2D eigenvalue weighted by atomic mass is 10.2. The van der Waals surface area contributed by atoms with E-state index in [1.165, 1.54) is 0 Å². The fourth-order valence-electron chi connectivity index (χ4n) is 1.31. The van der Waals surface area contributed by atoms with Crippen molar-refractivity contribution >= 4 is 17.6 Å². The Kier molecular flexibility index (Phi) is 7.12. The Balaban J connectivity index is 0.000000224. The van der Waals surface area contributed by atoms with Crippen molar-refractivity contribution in [1.29, 1.82) is 0 Å². The molecule has 6 nitrogen and oxygen atoms in total. The molecular weight excluding hydrogens is 286 g/mol. The Hall–Kier alpha value is -2.34. The Morgan fingerprint density at radius 1 is 1.41 bits per heavy atom. The second-order valence-electron chi connectivity index (χ2n) is 4.95. The first kappa shape index (κ1) is 17.7. The lowest BCUT2D eigenvalue weighted by molar-refractivity contribution is -0.139. The molecule has 1 atom stereocenters. The molecule has 0 radical (unpaired) electrons. The van der Waals surface area contributed by atoms with E-state index >= 15 is 0 Å². The maximum absolute atomic E-state index is 10.7. The summed E-state index contributed by atoms with van der Waals surface area (Å²) >= 11 is 0. The summed E-state index contributed by atoms with van der Waals surface area (Å²) in [6.45, 7) is 8.09. The second kappa shape index (κ2) is 8.84. The minimum atomic E-state index is -0.851. The summed E-state index contributed by atoms with van der Waals surface area (Å²) in [5.41, 5.74) is 2.43. The molecule has 1 fully saturated rings. The fraction of sp³-hybridized carbons (Fsp3) is 0.375. The minimum Gasteiger partial charge on any atom is -0.480 e. The third-order valence-electron chi connectivity index (χ3n) is 2.65. The number of carboxylic acids is 1. The van der Waals surface area contributed by atoms with Crippen LogP contribution in [0, 0.1) is 6.92 Å². The number of rotatable bonds is 6. The van der Waals surface area contributed by atoms with Crippen LogP contribution in [0.1, 0.15) is 12.5 Å². The standard InChI is InChI=1S/C9H11NO2.C7H10O3/c1-7-2-4-8(5-3-7)10-6-9(11)12;1-5(2)7(8)10-4-6-3-9-6/h2-5,10H,6H2,1H3,(H,11,12);6H,1,3-4H2,2H3. The Labute approximate surface area is 129 Å². The fourth-order valence-corrected chi connectivity index (χ4v) is 1.31. The topological polar surface area (TPSA) is 88.2 Å². The van der Waals surface area contributed by atoms with E-state index in [-0.39, 0.29) is 18.6 Å². The summed E-state index contributed by atoms with van der Waals surface area (Å²) in [6, 6.07) is 7.59. The first-order valence-corrected chi connectivity index (χ1v) is 6.85. The number of hydrogen-bond donors (Lipinski definition) is 2. The number of hydrogen-bond acceptors (Lipinski definition) is 5. The van der Waals surface area contributed by atoms with Gasteiger partial charge in [0.25, 0.3) is 0 Å². The van der Waals surface area contributed by atoms with Gasteiger partial charge in [0.2, 0.25) is 0 Å². The van der Waals surface area contributed by atoms with Gasteiger partial charge in [-0.1, -0.05) is 24.3 Å². The van der Waals surface area contributed by atoms with Gasteiger partial charge >= 0.3 is 11.9 Å². The van der Waals surface area contributed by atoms with E-state index in [4.69, 9.17) is 14.6 Å². The van der Waals surface area contributed by atoms with Gasteiger partial charge in [-0.2, -0.15) is 0 Å². The number of aliphatic carboxylic acids is 1. The first-order valence-electron chi connectivity index (χ1n) is 6.85. The van der Waals surface area contributed by atoms with Crippen molar-refractivity contribution in [2.75, 3.05) is 25.1 Å². The summed E-state index contributed by atoms with van der Waals surface area (Å²) in [5.74, 6) is -1.19. The number of epoxide rings is 1. The molecule has 1 aliphatic rings. The van der Waals surface area contributed by atoms with Crippen LogP contribution in [-0.4, -0.2) is 42.9 Å². The molecule has 0 amide bonds. The second-order valence-corrected chi connectivity index (χ2v) is 4.95. The molecule has 0 aliphatic carbocycles. The van der Waals surface area contributed by atoms with E-state index < -0.39 is 5.97 Å². The van der Waals surface area contributed by atoms with Crippen LogP contribution in [0.25, 0.3) is 0 Å². The first-order chi connectivity index (χ1) is 10.4. The van der Waals surface area contributed by atoms with E-state index in [9.17, 15) is 9.59 Å². The summed E-state index contributed by atoms with van der Waals surface area (Å²) in [4.78, 5) is 20.9.